The molecule has 2 aromatic rings. The van der Waals surface area contributed by atoms with Crippen molar-refractivity contribution < 1.29 is 18.0 Å². The van der Waals surface area contributed by atoms with Gasteiger partial charge in [0.15, 0.2) is 0 Å². The van der Waals surface area contributed by atoms with Gasteiger partial charge in [-0.1, -0.05) is 6.07 Å². The summed E-state index contributed by atoms with van der Waals surface area (Å²) in [4.78, 5) is 30.4. The smallest absolute Gasteiger partial charge is 0.240 e. The van der Waals surface area contributed by atoms with E-state index in [1.807, 2.05) is 13.0 Å². The van der Waals surface area contributed by atoms with Gasteiger partial charge in [-0.3, -0.25) is 9.59 Å². The Hall–Kier alpha value is -2.78. The average molecular weight is 471 g/mol. The molecule has 1 fully saturated rings. The van der Waals surface area contributed by atoms with Crippen LogP contribution in [0.1, 0.15) is 45.1 Å². The molecule has 2 heterocycles. The van der Waals surface area contributed by atoms with Gasteiger partial charge >= 0.3 is 0 Å². The van der Waals surface area contributed by atoms with E-state index in [0.717, 1.165) is 36.9 Å². The van der Waals surface area contributed by atoms with Crippen LogP contribution in [0.4, 0.5) is 11.5 Å². The summed E-state index contributed by atoms with van der Waals surface area (Å²) >= 11 is 0. The van der Waals surface area contributed by atoms with Crippen LogP contribution in [0.15, 0.2) is 47.5 Å². The number of carbonyl (C=O) groups is 2. The number of hydrogen-bond donors (Lipinski definition) is 2. The van der Waals surface area contributed by atoms with Crippen LogP contribution in [0.25, 0.3) is 0 Å². The van der Waals surface area contributed by atoms with Gasteiger partial charge in [0.25, 0.3) is 0 Å². The summed E-state index contributed by atoms with van der Waals surface area (Å²) in [5.41, 5.74) is 1.66. The highest BCUT2D eigenvalue weighted by Crippen LogP contribution is 2.34. The molecule has 1 aromatic carbocycles. The summed E-state index contributed by atoms with van der Waals surface area (Å²) in [6.45, 7) is 3.83. The molecule has 0 radical (unpaired) electrons. The molecule has 2 amide bonds. The van der Waals surface area contributed by atoms with E-state index < -0.39 is 10.0 Å². The van der Waals surface area contributed by atoms with Crippen LogP contribution in [-0.4, -0.2) is 37.8 Å². The van der Waals surface area contributed by atoms with Gasteiger partial charge in [-0.15, -0.1) is 0 Å². The second kappa shape index (κ2) is 9.61. The van der Waals surface area contributed by atoms with Crippen molar-refractivity contribution in [3.8, 4) is 0 Å². The Morgan fingerprint density at radius 3 is 2.55 bits per heavy atom. The topological polar surface area (TPSA) is 108 Å². The lowest BCUT2D eigenvalue weighted by Crippen LogP contribution is -2.34. The Balaban J connectivity index is 1.30. The van der Waals surface area contributed by atoms with E-state index in [0.29, 0.717) is 18.8 Å². The van der Waals surface area contributed by atoms with E-state index in [4.69, 9.17) is 0 Å². The molecule has 2 aliphatic rings. The minimum atomic E-state index is -3.65. The van der Waals surface area contributed by atoms with Gasteiger partial charge in [0.05, 0.1) is 4.90 Å². The molecule has 0 unspecified atom stereocenters. The van der Waals surface area contributed by atoms with Crippen molar-refractivity contribution in [1.29, 1.82) is 0 Å². The first-order valence-electron chi connectivity index (χ1n) is 11.4. The van der Waals surface area contributed by atoms with Crippen LogP contribution >= 0.6 is 0 Å². The van der Waals surface area contributed by atoms with Crippen molar-refractivity contribution in [2.75, 3.05) is 16.8 Å². The Morgan fingerprint density at radius 2 is 1.88 bits per heavy atom. The number of nitrogens with zero attached hydrogens (tertiary/aromatic N) is 2. The van der Waals surface area contributed by atoms with Crippen LogP contribution < -0.4 is 14.9 Å². The second-order valence-electron chi connectivity index (χ2n) is 9.01. The highest BCUT2D eigenvalue weighted by atomic mass is 32.2. The molecule has 1 aliphatic heterocycles. The second-order valence-corrected chi connectivity index (χ2v) is 10.8. The Kier molecular flexibility index (Phi) is 6.81. The van der Waals surface area contributed by atoms with Crippen LogP contribution in [0.3, 0.4) is 0 Å². The summed E-state index contributed by atoms with van der Waals surface area (Å²) in [6, 6.07) is 10.4. The molecule has 1 aromatic heterocycles. The zero-order valence-corrected chi connectivity index (χ0v) is 19.8. The average Bonchev–Trinajstić information content (AvgIpc) is 3.14. The first-order valence-corrected chi connectivity index (χ1v) is 12.9. The number of fused-ring (bicyclic) bond motifs is 1. The molecule has 4 rings (SSSR count). The fraction of sp³-hybridized carbons (Fsp3) is 0.458. The van der Waals surface area contributed by atoms with Crippen molar-refractivity contribution in [3.05, 3.63) is 48.2 Å². The fourth-order valence-electron chi connectivity index (χ4n) is 4.86. The number of pyridine rings is 1. The molecule has 0 spiro atoms. The fourth-order valence-corrected chi connectivity index (χ4v) is 6.03. The van der Waals surface area contributed by atoms with Gasteiger partial charge in [0, 0.05) is 37.3 Å². The van der Waals surface area contributed by atoms with Gasteiger partial charge in [-0.25, -0.2) is 18.1 Å². The minimum absolute atomic E-state index is 0.0217. The van der Waals surface area contributed by atoms with E-state index in [1.165, 1.54) is 6.92 Å². The molecule has 0 bridgehead atoms. The largest absolute Gasteiger partial charge is 0.310 e. The first-order chi connectivity index (χ1) is 15.7. The van der Waals surface area contributed by atoms with Gasteiger partial charge < -0.3 is 10.2 Å². The number of sulfonamides is 1. The lowest BCUT2D eigenvalue weighted by molar-refractivity contribution is -0.121. The number of rotatable bonds is 6. The normalized spacial score (nSPS) is 22.6. The van der Waals surface area contributed by atoms with E-state index in [2.05, 4.69) is 15.0 Å². The molecule has 1 aliphatic carbocycles. The summed E-state index contributed by atoms with van der Waals surface area (Å²) in [5.74, 6) is 0.593. The molecule has 33 heavy (non-hydrogen) atoms. The molecular formula is C24H30N4O4S. The van der Waals surface area contributed by atoms with E-state index in [9.17, 15) is 18.0 Å². The third kappa shape index (κ3) is 5.25. The molecular weight excluding hydrogens is 440 g/mol. The number of benzene rings is 1. The van der Waals surface area contributed by atoms with E-state index >= 15 is 0 Å². The van der Waals surface area contributed by atoms with Crippen LogP contribution in [0, 0.1) is 11.8 Å². The van der Waals surface area contributed by atoms with Crippen molar-refractivity contribution in [3.63, 3.8) is 0 Å². The number of aromatic nitrogens is 1. The lowest BCUT2D eigenvalue weighted by atomic mass is 9.81. The highest BCUT2D eigenvalue weighted by molar-refractivity contribution is 7.89. The predicted octanol–water partition coefficient (Wildman–Crippen LogP) is 3.10. The monoisotopic (exact) mass is 470 g/mol. The maximum absolute atomic E-state index is 12.9. The predicted molar refractivity (Wildman–Crippen MR) is 126 cm³/mol. The van der Waals surface area contributed by atoms with Crippen LogP contribution in [0.2, 0.25) is 0 Å². The Bertz CT molecular complexity index is 1130. The Labute approximate surface area is 194 Å². The van der Waals surface area contributed by atoms with Gasteiger partial charge in [-0.2, -0.15) is 0 Å². The van der Waals surface area contributed by atoms with Crippen molar-refractivity contribution >= 4 is 33.3 Å². The van der Waals surface area contributed by atoms with E-state index in [1.54, 1.807) is 41.4 Å². The lowest BCUT2D eigenvalue weighted by Gasteiger charge is -2.27. The number of nitrogens with one attached hydrogen (secondary N) is 2. The maximum atomic E-state index is 12.9. The molecule has 176 valence electrons. The summed E-state index contributed by atoms with van der Waals surface area (Å²) < 4.78 is 28.5. The zero-order valence-electron chi connectivity index (χ0n) is 19.0. The molecule has 0 saturated heterocycles. The quantitative estimate of drug-likeness (QED) is 0.674. The summed E-state index contributed by atoms with van der Waals surface area (Å²) in [5, 5.41) is 2.85. The minimum Gasteiger partial charge on any atom is -0.310 e. The number of anilines is 2. The van der Waals surface area contributed by atoms with Crippen molar-refractivity contribution in [2.24, 2.45) is 11.8 Å². The SMILES string of the molecule is CC(=O)N1c2ccc(S(=O)(=O)NCC3CCC(C(=O)Nc4ccccn4)CC3)cc2C[C@H]1C. The highest BCUT2D eigenvalue weighted by Gasteiger charge is 2.31. The number of amides is 2. The van der Waals surface area contributed by atoms with Gasteiger partial charge in [-0.05, 0) is 80.8 Å². The summed E-state index contributed by atoms with van der Waals surface area (Å²) in [7, 11) is -3.65. The van der Waals surface area contributed by atoms with Gasteiger partial charge in [0.1, 0.15) is 5.82 Å². The molecule has 9 heteroatoms. The van der Waals surface area contributed by atoms with E-state index in [-0.39, 0.29) is 34.6 Å². The van der Waals surface area contributed by atoms with Gasteiger partial charge in [0.2, 0.25) is 21.8 Å². The molecule has 2 N–H and O–H groups in total. The third-order valence-electron chi connectivity index (χ3n) is 6.61. The van der Waals surface area contributed by atoms with Crippen LogP contribution in [-0.2, 0) is 26.0 Å². The van der Waals surface area contributed by atoms with Crippen LogP contribution in [0.5, 0.6) is 0 Å². The Morgan fingerprint density at radius 1 is 1.12 bits per heavy atom. The summed E-state index contributed by atoms with van der Waals surface area (Å²) in [6.07, 6.45) is 5.31. The maximum Gasteiger partial charge on any atom is 0.240 e. The third-order valence-corrected chi connectivity index (χ3v) is 8.03. The molecule has 1 saturated carbocycles. The molecule has 8 nitrogen and oxygen atoms in total. The number of hydrogen-bond acceptors (Lipinski definition) is 5. The first kappa shape index (κ1) is 23.4. The standard InChI is InChI=1S/C24H30N4O4S/c1-16-13-20-14-21(10-11-22(20)28(16)17(2)29)33(31,32)26-15-18-6-8-19(9-7-18)24(30)27-23-5-3-4-12-25-23/h3-5,10-12,14,16,18-19,26H,6-9,13,15H2,1-2H3,(H,25,27,30)/t16-,18?,19?/m1/s1. The van der Waals surface area contributed by atoms with Crippen molar-refractivity contribution in [2.45, 2.75) is 56.9 Å². The van der Waals surface area contributed by atoms with Crippen molar-refractivity contribution in [1.82, 2.24) is 9.71 Å². The zero-order chi connectivity index (χ0) is 23.6. The number of carbonyl (C=O) groups excluding carboxylic acids is 2. The molecule has 1 atom stereocenters.